The van der Waals surface area contributed by atoms with Crippen LogP contribution in [0, 0.1) is 0 Å². The van der Waals surface area contributed by atoms with E-state index in [0.29, 0.717) is 23.4 Å². The van der Waals surface area contributed by atoms with E-state index in [1.165, 1.54) is 0 Å². The van der Waals surface area contributed by atoms with E-state index >= 15 is 0 Å². The molecular weight excluding hydrogens is 260 g/mol. The number of nitrogens with one attached hydrogen (secondary N) is 1. The van der Waals surface area contributed by atoms with E-state index in [2.05, 4.69) is 24.1 Å². The summed E-state index contributed by atoms with van der Waals surface area (Å²) < 4.78 is 5.68. The molecule has 4 heteroatoms. The number of hydrogen-bond acceptors (Lipinski definition) is 3. The number of hydrogen-bond donors (Lipinski definition) is 1. The molecule has 0 spiro atoms. The summed E-state index contributed by atoms with van der Waals surface area (Å²) in [6, 6.07) is 9.94. The van der Waals surface area contributed by atoms with Gasteiger partial charge in [-0.2, -0.15) is 0 Å². The standard InChI is InChI=1S/C15H17ClN2O/c1-11(2)18-13-5-6-15(14(16)8-13)19-10-12-4-3-7-17-9-12/h3-9,11,18H,10H2,1-2H3. The van der Waals surface area contributed by atoms with Crippen LogP contribution < -0.4 is 10.1 Å². The third-order valence-corrected chi connectivity index (χ3v) is 2.80. The predicted octanol–water partition coefficient (Wildman–Crippen LogP) is 4.13. The van der Waals surface area contributed by atoms with Crippen molar-refractivity contribution in [2.45, 2.75) is 26.5 Å². The van der Waals surface area contributed by atoms with Crippen molar-refractivity contribution in [2.24, 2.45) is 0 Å². The maximum absolute atomic E-state index is 6.20. The van der Waals surface area contributed by atoms with E-state index in [1.54, 1.807) is 12.4 Å². The van der Waals surface area contributed by atoms with Crippen LogP contribution in [0.2, 0.25) is 5.02 Å². The molecule has 0 aliphatic heterocycles. The molecule has 0 fully saturated rings. The second-order valence-corrected chi connectivity index (χ2v) is 5.00. The molecular formula is C15H17ClN2O. The lowest BCUT2D eigenvalue weighted by molar-refractivity contribution is 0.306. The van der Waals surface area contributed by atoms with Crippen LogP contribution in [0.15, 0.2) is 42.7 Å². The third-order valence-electron chi connectivity index (χ3n) is 2.50. The van der Waals surface area contributed by atoms with E-state index in [-0.39, 0.29) is 0 Å². The topological polar surface area (TPSA) is 34.1 Å². The molecule has 0 aliphatic rings. The van der Waals surface area contributed by atoms with Crippen molar-refractivity contribution >= 4 is 17.3 Å². The van der Waals surface area contributed by atoms with Crippen molar-refractivity contribution in [1.82, 2.24) is 4.98 Å². The Bertz CT molecular complexity index is 529. The summed E-state index contributed by atoms with van der Waals surface area (Å²) in [5.74, 6) is 0.680. The molecule has 100 valence electrons. The van der Waals surface area contributed by atoms with Gasteiger partial charge in [0.15, 0.2) is 0 Å². The Morgan fingerprint density at radius 2 is 2.16 bits per heavy atom. The van der Waals surface area contributed by atoms with Gasteiger partial charge >= 0.3 is 0 Å². The Morgan fingerprint density at radius 1 is 1.32 bits per heavy atom. The molecule has 0 radical (unpaired) electrons. The summed E-state index contributed by atoms with van der Waals surface area (Å²) in [6.45, 7) is 4.63. The number of nitrogens with zero attached hydrogens (tertiary/aromatic N) is 1. The lowest BCUT2D eigenvalue weighted by Gasteiger charge is -2.12. The van der Waals surface area contributed by atoms with Gasteiger partial charge in [0.25, 0.3) is 0 Å². The van der Waals surface area contributed by atoms with Crippen molar-refractivity contribution in [1.29, 1.82) is 0 Å². The molecule has 0 aliphatic carbocycles. The molecule has 1 heterocycles. The first-order chi connectivity index (χ1) is 9.15. The van der Waals surface area contributed by atoms with E-state index in [4.69, 9.17) is 16.3 Å². The van der Waals surface area contributed by atoms with Crippen molar-refractivity contribution in [2.75, 3.05) is 5.32 Å². The highest BCUT2D eigenvalue weighted by Gasteiger charge is 2.04. The highest BCUT2D eigenvalue weighted by molar-refractivity contribution is 6.32. The number of benzene rings is 1. The quantitative estimate of drug-likeness (QED) is 0.891. The molecule has 2 aromatic rings. The Morgan fingerprint density at radius 3 is 2.79 bits per heavy atom. The van der Waals surface area contributed by atoms with Gasteiger partial charge in [0.2, 0.25) is 0 Å². The Balaban J connectivity index is 2.01. The van der Waals surface area contributed by atoms with Crippen LogP contribution >= 0.6 is 11.6 Å². The van der Waals surface area contributed by atoms with Crippen LogP contribution in [0.25, 0.3) is 0 Å². The van der Waals surface area contributed by atoms with Crippen molar-refractivity contribution < 1.29 is 4.74 Å². The van der Waals surface area contributed by atoms with Gasteiger partial charge in [0, 0.05) is 29.7 Å². The van der Waals surface area contributed by atoms with Gasteiger partial charge in [-0.05, 0) is 38.1 Å². The number of rotatable bonds is 5. The zero-order valence-electron chi connectivity index (χ0n) is 11.1. The number of pyridine rings is 1. The first-order valence-electron chi connectivity index (χ1n) is 6.23. The zero-order chi connectivity index (χ0) is 13.7. The molecule has 3 nitrogen and oxygen atoms in total. The Hall–Kier alpha value is -1.74. The van der Waals surface area contributed by atoms with Crippen molar-refractivity contribution in [3.63, 3.8) is 0 Å². The minimum Gasteiger partial charge on any atom is -0.487 e. The average Bonchev–Trinajstić information content (AvgIpc) is 2.38. The second kappa shape index (κ2) is 6.43. The number of ether oxygens (including phenoxy) is 1. The maximum atomic E-state index is 6.20. The predicted molar refractivity (Wildman–Crippen MR) is 78.8 cm³/mol. The normalized spacial score (nSPS) is 10.5. The van der Waals surface area contributed by atoms with Crippen molar-refractivity contribution in [3.05, 3.63) is 53.3 Å². The minimum atomic E-state index is 0.373. The van der Waals surface area contributed by atoms with E-state index in [0.717, 1.165) is 11.3 Å². The summed E-state index contributed by atoms with van der Waals surface area (Å²) in [7, 11) is 0. The number of anilines is 1. The number of aromatic nitrogens is 1. The molecule has 0 amide bonds. The van der Waals surface area contributed by atoms with Gasteiger partial charge in [-0.3, -0.25) is 4.98 Å². The Kier molecular flexibility index (Phi) is 4.63. The fourth-order valence-electron chi connectivity index (χ4n) is 1.69. The summed E-state index contributed by atoms with van der Waals surface area (Å²) in [5.41, 5.74) is 2.01. The largest absolute Gasteiger partial charge is 0.487 e. The van der Waals surface area contributed by atoms with Crippen LogP contribution in [-0.2, 0) is 6.61 Å². The van der Waals surface area contributed by atoms with E-state index in [1.807, 2.05) is 30.3 Å². The van der Waals surface area contributed by atoms with Crippen LogP contribution in [0.4, 0.5) is 5.69 Å². The highest BCUT2D eigenvalue weighted by atomic mass is 35.5. The molecule has 1 aromatic heterocycles. The van der Waals surface area contributed by atoms with E-state index in [9.17, 15) is 0 Å². The lowest BCUT2D eigenvalue weighted by Crippen LogP contribution is -2.09. The monoisotopic (exact) mass is 276 g/mol. The third kappa shape index (κ3) is 4.14. The second-order valence-electron chi connectivity index (χ2n) is 4.59. The van der Waals surface area contributed by atoms with Crippen LogP contribution in [-0.4, -0.2) is 11.0 Å². The summed E-state index contributed by atoms with van der Waals surface area (Å²) in [5, 5.41) is 3.90. The van der Waals surface area contributed by atoms with Crippen LogP contribution in [0.1, 0.15) is 19.4 Å². The summed E-state index contributed by atoms with van der Waals surface area (Å²) in [6.07, 6.45) is 3.52. The average molecular weight is 277 g/mol. The molecule has 0 atom stereocenters. The van der Waals surface area contributed by atoms with Gasteiger partial charge in [-0.1, -0.05) is 17.7 Å². The molecule has 19 heavy (non-hydrogen) atoms. The summed E-state index contributed by atoms with van der Waals surface area (Å²) >= 11 is 6.20. The molecule has 0 saturated heterocycles. The molecule has 1 aromatic carbocycles. The molecule has 0 saturated carbocycles. The highest BCUT2D eigenvalue weighted by Crippen LogP contribution is 2.28. The molecule has 2 rings (SSSR count). The summed E-state index contributed by atoms with van der Waals surface area (Å²) in [4.78, 5) is 4.04. The molecule has 0 unspecified atom stereocenters. The Labute approximate surface area is 118 Å². The smallest absolute Gasteiger partial charge is 0.138 e. The zero-order valence-corrected chi connectivity index (χ0v) is 11.8. The van der Waals surface area contributed by atoms with Gasteiger partial charge in [0.1, 0.15) is 12.4 Å². The van der Waals surface area contributed by atoms with Crippen molar-refractivity contribution in [3.8, 4) is 5.75 Å². The number of halogens is 1. The fourth-order valence-corrected chi connectivity index (χ4v) is 1.92. The van der Waals surface area contributed by atoms with Gasteiger partial charge in [-0.25, -0.2) is 0 Å². The SMILES string of the molecule is CC(C)Nc1ccc(OCc2cccnc2)c(Cl)c1. The van der Waals surface area contributed by atoms with E-state index < -0.39 is 0 Å². The molecule has 1 N–H and O–H groups in total. The lowest BCUT2D eigenvalue weighted by atomic mass is 10.2. The first kappa shape index (κ1) is 13.7. The van der Waals surface area contributed by atoms with Gasteiger partial charge in [-0.15, -0.1) is 0 Å². The minimum absolute atomic E-state index is 0.373. The van der Waals surface area contributed by atoms with Crippen LogP contribution in [0.5, 0.6) is 5.75 Å². The van der Waals surface area contributed by atoms with Crippen LogP contribution in [0.3, 0.4) is 0 Å². The van der Waals surface area contributed by atoms with Gasteiger partial charge < -0.3 is 10.1 Å². The maximum Gasteiger partial charge on any atom is 0.138 e. The van der Waals surface area contributed by atoms with Gasteiger partial charge in [0.05, 0.1) is 5.02 Å². The molecule has 0 bridgehead atoms. The fraction of sp³-hybridized carbons (Fsp3) is 0.267. The first-order valence-corrected chi connectivity index (χ1v) is 6.61.